The van der Waals surface area contributed by atoms with Crippen LogP contribution in [0, 0.1) is 11.8 Å². The number of hydrogen-bond acceptors (Lipinski definition) is 3. The Labute approximate surface area is 122 Å². The lowest BCUT2D eigenvalue weighted by Gasteiger charge is -2.29. The van der Waals surface area contributed by atoms with E-state index in [-0.39, 0.29) is 5.91 Å². The average Bonchev–Trinajstić information content (AvgIpc) is 2.98. The maximum atomic E-state index is 12.4. The molecule has 0 radical (unpaired) electrons. The Balaban J connectivity index is 1.96. The van der Waals surface area contributed by atoms with Crippen molar-refractivity contribution in [1.82, 2.24) is 15.1 Å². The minimum absolute atomic E-state index is 0.191. The van der Waals surface area contributed by atoms with Gasteiger partial charge in [0, 0.05) is 25.7 Å². The molecule has 3 atom stereocenters. The van der Waals surface area contributed by atoms with Gasteiger partial charge >= 0.3 is 0 Å². The molecule has 2 heterocycles. The molecule has 0 saturated carbocycles. The zero-order valence-corrected chi connectivity index (χ0v) is 12.6. The molecule has 112 valence electrons. The minimum atomic E-state index is 0.191. The first kappa shape index (κ1) is 15.3. The quantitative estimate of drug-likeness (QED) is 0.708. The summed E-state index contributed by atoms with van der Waals surface area (Å²) < 4.78 is 0. The van der Waals surface area contributed by atoms with Crippen molar-refractivity contribution < 1.29 is 4.79 Å². The van der Waals surface area contributed by atoms with E-state index in [1.165, 1.54) is 0 Å². The molecule has 1 N–H and O–H groups in total. The summed E-state index contributed by atoms with van der Waals surface area (Å²) in [6.45, 7) is 14.7. The highest BCUT2D eigenvalue weighted by Crippen LogP contribution is 2.33. The summed E-state index contributed by atoms with van der Waals surface area (Å²) in [5.74, 6) is 1.64. The van der Waals surface area contributed by atoms with Gasteiger partial charge < -0.3 is 10.2 Å². The molecule has 0 aromatic rings. The highest BCUT2D eigenvalue weighted by atomic mass is 16.2. The third-order valence-electron chi connectivity index (χ3n) is 4.63. The molecule has 0 aliphatic carbocycles. The Kier molecular flexibility index (Phi) is 5.38. The minimum Gasteiger partial charge on any atom is -0.334 e. The van der Waals surface area contributed by atoms with E-state index in [0.29, 0.717) is 25.7 Å². The molecule has 3 unspecified atom stereocenters. The average molecular weight is 277 g/mol. The molecular formula is C16H27N3O. The highest BCUT2D eigenvalue weighted by molar-refractivity contribution is 5.78. The van der Waals surface area contributed by atoms with Crippen molar-refractivity contribution in [2.75, 3.05) is 39.3 Å². The molecular weight excluding hydrogens is 250 g/mol. The molecule has 20 heavy (non-hydrogen) atoms. The molecule has 2 aliphatic heterocycles. The Bertz CT molecular complexity index is 359. The lowest BCUT2D eigenvalue weighted by atomic mass is 9.93. The van der Waals surface area contributed by atoms with Gasteiger partial charge in [0.15, 0.2) is 0 Å². The number of carbonyl (C=O) groups excluding carboxylic acids is 1. The molecule has 0 spiro atoms. The van der Waals surface area contributed by atoms with Crippen LogP contribution in [0.3, 0.4) is 0 Å². The Morgan fingerprint density at radius 3 is 2.65 bits per heavy atom. The van der Waals surface area contributed by atoms with Crippen LogP contribution in [-0.4, -0.2) is 61.0 Å². The molecule has 4 nitrogen and oxygen atoms in total. The first-order chi connectivity index (χ1) is 9.71. The van der Waals surface area contributed by atoms with Crippen molar-refractivity contribution in [2.24, 2.45) is 11.8 Å². The number of rotatable bonds is 7. The molecule has 2 rings (SSSR count). The first-order valence-electron chi connectivity index (χ1n) is 7.65. The standard InChI is InChI=1S/C16H27N3O/c1-4-7-18(8-5-2)16(20)12-19-11-13-9-17-10-14(13)15(19)6-3/h4-5,13-15,17H,1-2,6-12H2,3H3. The Morgan fingerprint density at radius 1 is 1.35 bits per heavy atom. The van der Waals surface area contributed by atoms with Crippen LogP contribution in [0.1, 0.15) is 13.3 Å². The Hall–Kier alpha value is -1.13. The van der Waals surface area contributed by atoms with E-state index in [1.807, 2.05) is 4.90 Å². The van der Waals surface area contributed by atoms with Gasteiger partial charge in [-0.25, -0.2) is 0 Å². The van der Waals surface area contributed by atoms with Crippen LogP contribution in [0.5, 0.6) is 0 Å². The second-order valence-electron chi connectivity index (χ2n) is 5.86. The molecule has 2 aliphatic rings. The second-order valence-corrected chi connectivity index (χ2v) is 5.86. The SMILES string of the molecule is C=CCN(CC=C)C(=O)CN1CC2CNCC2C1CC. The summed E-state index contributed by atoms with van der Waals surface area (Å²) in [6, 6.07) is 0.549. The van der Waals surface area contributed by atoms with Crippen molar-refractivity contribution in [3.8, 4) is 0 Å². The van der Waals surface area contributed by atoms with Gasteiger partial charge in [-0.1, -0.05) is 19.1 Å². The predicted octanol–water partition coefficient (Wildman–Crippen LogP) is 1.12. The number of fused-ring (bicyclic) bond motifs is 1. The molecule has 0 bridgehead atoms. The van der Waals surface area contributed by atoms with E-state index < -0.39 is 0 Å². The van der Waals surface area contributed by atoms with Crippen molar-refractivity contribution >= 4 is 5.91 Å². The van der Waals surface area contributed by atoms with E-state index in [2.05, 4.69) is 30.3 Å². The van der Waals surface area contributed by atoms with E-state index in [4.69, 9.17) is 0 Å². The fourth-order valence-corrected chi connectivity index (χ4v) is 3.72. The molecule has 1 amide bonds. The molecule has 0 aromatic heterocycles. The first-order valence-corrected chi connectivity index (χ1v) is 7.65. The van der Waals surface area contributed by atoms with Crippen molar-refractivity contribution in [3.63, 3.8) is 0 Å². The van der Waals surface area contributed by atoms with Crippen LogP contribution in [0.4, 0.5) is 0 Å². The number of hydrogen-bond donors (Lipinski definition) is 1. The molecule has 2 fully saturated rings. The van der Waals surface area contributed by atoms with Crippen molar-refractivity contribution in [2.45, 2.75) is 19.4 Å². The lowest BCUT2D eigenvalue weighted by molar-refractivity contribution is -0.131. The summed E-state index contributed by atoms with van der Waals surface area (Å²) in [6.07, 6.45) is 4.68. The van der Waals surface area contributed by atoms with Gasteiger partial charge in [0.05, 0.1) is 6.54 Å². The second kappa shape index (κ2) is 7.04. The number of nitrogens with one attached hydrogen (secondary N) is 1. The van der Waals surface area contributed by atoms with E-state index in [0.717, 1.165) is 37.9 Å². The monoisotopic (exact) mass is 277 g/mol. The predicted molar refractivity (Wildman–Crippen MR) is 82.5 cm³/mol. The smallest absolute Gasteiger partial charge is 0.237 e. The van der Waals surface area contributed by atoms with Gasteiger partial charge in [0.1, 0.15) is 0 Å². The highest BCUT2D eigenvalue weighted by Gasteiger charge is 2.43. The van der Waals surface area contributed by atoms with Crippen LogP contribution in [-0.2, 0) is 4.79 Å². The van der Waals surface area contributed by atoms with Gasteiger partial charge in [-0.2, -0.15) is 0 Å². The topological polar surface area (TPSA) is 35.6 Å². The van der Waals surface area contributed by atoms with Gasteiger partial charge in [-0.3, -0.25) is 9.69 Å². The molecule has 2 saturated heterocycles. The number of carbonyl (C=O) groups is 1. The fourth-order valence-electron chi connectivity index (χ4n) is 3.72. The summed E-state index contributed by atoms with van der Waals surface area (Å²) in [4.78, 5) is 16.6. The number of likely N-dealkylation sites (tertiary alicyclic amines) is 1. The summed E-state index contributed by atoms with van der Waals surface area (Å²) in [7, 11) is 0. The van der Waals surface area contributed by atoms with E-state index in [9.17, 15) is 4.79 Å². The molecule has 4 heteroatoms. The summed E-state index contributed by atoms with van der Waals surface area (Å²) in [5.41, 5.74) is 0. The van der Waals surface area contributed by atoms with Crippen LogP contribution in [0.15, 0.2) is 25.3 Å². The third kappa shape index (κ3) is 3.13. The van der Waals surface area contributed by atoms with E-state index >= 15 is 0 Å². The third-order valence-corrected chi connectivity index (χ3v) is 4.63. The van der Waals surface area contributed by atoms with Crippen LogP contribution >= 0.6 is 0 Å². The van der Waals surface area contributed by atoms with Gasteiger partial charge in [-0.05, 0) is 31.3 Å². The van der Waals surface area contributed by atoms with Crippen LogP contribution < -0.4 is 5.32 Å². The van der Waals surface area contributed by atoms with Gasteiger partial charge in [0.2, 0.25) is 5.91 Å². The zero-order chi connectivity index (χ0) is 14.5. The van der Waals surface area contributed by atoms with Gasteiger partial charge in [-0.15, -0.1) is 13.2 Å². The maximum Gasteiger partial charge on any atom is 0.237 e. The maximum absolute atomic E-state index is 12.4. The zero-order valence-electron chi connectivity index (χ0n) is 12.6. The normalized spacial score (nSPS) is 29.1. The number of amides is 1. The summed E-state index contributed by atoms with van der Waals surface area (Å²) >= 11 is 0. The fraction of sp³-hybridized carbons (Fsp3) is 0.688. The van der Waals surface area contributed by atoms with E-state index in [1.54, 1.807) is 12.2 Å². The number of nitrogens with zero attached hydrogens (tertiary/aromatic N) is 2. The Morgan fingerprint density at radius 2 is 2.05 bits per heavy atom. The van der Waals surface area contributed by atoms with Gasteiger partial charge in [0.25, 0.3) is 0 Å². The van der Waals surface area contributed by atoms with Crippen LogP contribution in [0.25, 0.3) is 0 Å². The van der Waals surface area contributed by atoms with Crippen LogP contribution in [0.2, 0.25) is 0 Å². The lowest BCUT2D eigenvalue weighted by Crippen LogP contribution is -2.44. The van der Waals surface area contributed by atoms with Crippen molar-refractivity contribution in [3.05, 3.63) is 25.3 Å². The largest absolute Gasteiger partial charge is 0.334 e. The molecule has 0 aromatic carbocycles. The van der Waals surface area contributed by atoms with Crippen molar-refractivity contribution in [1.29, 1.82) is 0 Å². The summed E-state index contributed by atoms with van der Waals surface area (Å²) in [5, 5.41) is 3.48.